The van der Waals surface area contributed by atoms with Crippen molar-refractivity contribution in [1.29, 1.82) is 0 Å². The summed E-state index contributed by atoms with van der Waals surface area (Å²) >= 11 is 0. The van der Waals surface area contributed by atoms with Gasteiger partial charge in [-0.15, -0.1) is 0 Å². The molecule has 4 nitrogen and oxygen atoms in total. The fourth-order valence-corrected chi connectivity index (χ4v) is 2.13. The lowest BCUT2D eigenvalue weighted by Crippen LogP contribution is -2.48. The van der Waals surface area contributed by atoms with Crippen LogP contribution in [0, 0.1) is 5.92 Å². The molecule has 0 aromatic rings. The minimum Gasteiger partial charge on any atom is -0.468 e. The first-order valence-corrected chi connectivity index (χ1v) is 6.63. The molecule has 17 heavy (non-hydrogen) atoms. The number of hydrogen-bond acceptors (Lipinski definition) is 4. The molecule has 0 bridgehead atoms. The van der Waals surface area contributed by atoms with Crippen molar-refractivity contribution in [2.24, 2.45) is 5.92 Å². The molecular formula is C13H26N2O2. The van der Waals surface area contributed by atoms with Gasteiger partial charge in [0.25, 0.3) is 0 Å². The molecule has 1 fully saturated rings. The van der Waals surface area contributed by atoms with E-state index in [0.29, 0.717) is 12.0 Å². The van der Waals surface area contributed by atoms with Crippen LogP contribution in [0.3, 0.4) is 0 Å². The van der Waals surface area contributed by atoms with E-state index in [1.165, 1.54) is 20.0 Å². The van der Waals surface area contributed by atoms with E-state index in [1.807, 2.05) is 6.92 Å². The molecule has 1 unspecified atom stereocenters. The number of nitrogens with zero attached hydrogens (tertiary/aromatic N) is 1. The van der Waals surface area contributed by atoms with Gasteiger partial charge in [0.05, 0.1) is 7.11 Å². The Labute approximate surface area is 105 Å². The number of rotatable bonds is 8. The van der Waals surface area contributed by atoms with E-state index < -0.39 is 0 Å². The van der Waals surface area contributed by atoms with Crippen molar-refractivity contribution in [3.63, 3.8) is 0 Å². The molecule has 0 saturated heterocycles. The lowest BCUT2D eigenvalue weighted by Gasteiger charge is -2.28. The Kier molecular flexibility index (Phi) is 5.92. The summed E-state index contributed by atoms with van der Waals surface area (Å²) < 4.78 is 4.84. The topological polar surface area (TPSA) is 41.6 Å². The maximum absolute atomic E-state index is 11.7. The van der Waals surface area contributed by atoms with Gasteiger partial charge in [-0.25, -0.2) is 0 Å². The Balaban J connectivity index is 2.51. The molecule has 1 aliphatic carbocycles. The summed E-state index contributed by atoms with van der Waals surface area (Å²) in [5.74, 6) is 0.483. The molecule has 0 radical (unpaired) electrons. The summed E-state index contributed by atoms with van der Waals surface area (Å²) in [5, 5.41) is 3.20. The van der Waals surface area contributed by atoms with Crippen LogP contribution in [0.1, 0.15) is 33.6 Å². The second kappa shape index (κ2) is 6.97. The summed E-state index contributed by atoms with van der Waals surface area (Å²) in [6.07, 6.45) is 2.54. The van der Waals surface area contributed by atoms with Gasteiger partial charge >= 0.3 is 5.97 Å². The van der Waals surface area contributed by atoms with E-state index in [2.05, 4.69) is 24.1 Å². The van der Waals surface area contributed by atoms with Crippen LogP contribution in [0.2, 0.25) is 0 Å². The Bertz CT molecular complexity index is 240. The Morgan fingerprint density at radius 2 is 2.06 bits per heavy atom. The van der Waals surface area contributed by atoms with Gasteiger partial charge in [0.1, 0.15) is 6.04 Å². The van der Waals surface area contributed by atoms with Crippen molar-refractivity contribution < 1.29 is 9.53 Å². The summed E-state index contributed by atoms with van der Waals surface area (Å²) in [6, 6.07) is 0.493. The fraction of sp³-hybridized carbons (Fsp3) is 0.923. The molecule has 1 saturated carbocycles. The van der Waals surface area contributed by atoms with Crippen LogP contribution in [0.4, 0.5) is 0 Å². The van der Waals surface area contributed by atoms with Gasteiger partial charge in [-0.2, -0.15) is 0 Å². The van der Waals surface area contributed by atoms with E-state index in [0.717, 1.165) is 19.6 Å². The second-order valence-electron chi connectivity index (χ2n) is 5.21. The largest absolute Gasteiger partial charge is 0.468 e. The van der Waals surface area contributed by atoms with Gasteiger partial charge in [-0.3, -0.25) is 9.69 Å². The van der Waals surface area contributed by atoms with Crippen molar-refractivity contribution in [2.75, 3.05) is 26.7 Å². The Hall–Kier alpha value is -0.610. The van der Waals surface area contributed by atoms with Gasteiger partial charge in [-0.1, -0.05) is 20.8 Å². The number of hydrogen-bond donors (Lipinski definition) is 1. The van der Waals surface area contributed by atoms with Crippen molar-refractivity contribution in [3.05, 3.63) is 0 Å². The van der Waals surface area contributed by atoms with Crippen LogP contribution in [0.5, 0.6) is 0 Å². The molecule has 0 spiro atoms. The summed E-state index contributed by atoms with van der Waals surface area (Å²) in [5.41, 5.74) is 0. The van der Waals surface area contributed by atoms with E-state index in [4.69, 9.17) is 4.74 Å². The molecule has 4 heteroatoms. The molecule has 0 heterocycles. The Morgan fingerprint density at radius 1 is 1.41 bits per heavy atom. The highest BCUT2D eigenvalue weighted by Gasteiger charge is 2.32. The zero-order chi connectivity index (χ0) is 12.8. The fourth-order valence-electron chi connectivity index (χ4n) is 2.13. The molecule has 1 N–H and O–H groups in total. The molecule has 0 amide bonds. The number of carbonyl (C=O) groups excluding carboxylic acids is 1. The Morgan fingerprint density at radius 3 is 2.47 bits per heavy atom. The average Bonchev–Trinajstić information content (AvgIpc) is 3.09. The van der Waals surface area contributed by atoms with Crippen LogP contribution >= 0.6 is 0 Å². The normalized spacial score (nSPS) is 17.5. The number of methoxy groups -OCH3 is 1. The maximum Gasteiger partial charge on any atom is 0.324 e. The number of esters is 1. The highest BCUT2D eigenvalue weighted by molar-refractivity contribution is 5.75. The SMILES string of the molecule is CCNC(CN(CC(C)C)C1CC1)C(=O)OC. The molecule has 0 aromatic heterocycles. The van der Waals surface area contributed by atoms with Crippen LogP contribution in [0.25, 0.3) is 0 Å². The van der Waals surface area contributed by atoms with E-state index >= 15 is 0 Å². The zero-order valence-electron chi connectivity index (χ0n) is 11.5. The molecule has 1 atom stereocenters. The minimum absolute atomic E-state index is 0.152. The standard InChI is InChI=1S/C13H26N2O2/c1-5-14-12(13(16)17-4)9-15(8-10(2)3)11-6-7-11/h10-12,14H,5-9H2,1-4H3. The summed E-state index contributed by atoms with van der Waals surface area (Å²) in [7, 11) is 1.45. The molecule has 1 rings (SSSR count). The van der Waals surface area contributed by atoms with Gasteiger partial charge < -0.3 is 10.1 Å². The van der Waals surface area contributed by atoms with Gasteiger partial charge in [0.2, 0.25) is 0 Å². The second-order valence-corrected chi connectivity index (χ2v) is 5.21. The molecule has 0 aromatic carbocycles. The first kappa shape index (κ1) is 14.5. The lowest BCUT2D eigenvalue weighted by molar-refractivity contribution is -0.143. The van der Waals surface area contributed by atoms with Crippen molar-refractivity contribution >= 4 is 5.97 Å². The first-order chi connectivity index (χ1) is 8.08. The average molecular weight is 242 g/mol. The van der Waals surface area contributed by atoms with Crippen molar-refractivity contribution in [3.8, 4) is 0 Å². The van der Waals surface area contributed by atoms with Crippen molar-refractivity contribution in [1.82, 2.24) is 10.2 Å². The van der Waals surface area contributed by atoms with Gasteiger partial charge in [0.15, 0.2) is 0 Å². The smallest absolute Gasteiger partial charge is 0.324 e. The van der Waals surface area contributed by atoms with Gasteiger partial charge in [0, 0.05) is 19.1 Å². The predicted octanol–water partition coefficient (Wildman–Crippen LogP) is 1.26. The summed E-state index contributed by atoms with van der Waals surface area (Å²) in [4.78, 5) is 14.1. The van der Waals surface area contributed by atoms with E-state index in [1.54, 1.807) is 0 Å². The summed E-state index contributed by atoms with van der Waals surface area (Å²) in [6.45, 7) is 9.07. The highest BCUT2D eigenvalue weighted by atomic mass is 16.5. The quantitative estimate of drug-likeness (QED) is 0.651. The van der Waals surface area contributed by atoms with Crippen LogP contribution < -0.4 is 5.32 Å². The lowest BCUT2D eigenvalue weighted by atomic mass is 10.2. The van der Waals surface area contributed by atoms with Crippen LogP contribution in [0.15, 0.2) is 0 Å². The minimum atomic E-state index is -0.190. The van der Waals surface area contributed by atoms with Crippen LogP contribution in [-0.4, -0.2) is 49.7 Å². The van der Waals surface area contributed by atoms with E-state index in [-0.39, 0.29) is 12.0 Å². The first-order valence-electron chi connectivity index (χ1n) is 6.63. The molecule has 0 aliphatic heterocycles. The molecule has 100 valence electrons. The van der Waals surface area contributed by atoms with E-state index in [9.17, 15) is 4.79 Å². The number of ether oxygens (including phenoxy) is 1. The third-order valence-electron chi connectivity index (χ3n) is 3.02. The monoisotopic (exact) mass is 242 g/mol. The molecular weight excluding hydrogens is 216 g/mol. The van der Waals surface area contributed by atoms with Crippen molar-refractivity contribution in [2.45, 2.75) is 45.7 Å². The van der Waals surface area contributed by atoms with Crippen LogP contribution in [-0.2, 0) is 9.53 Å². The maximum atomic E-state index is 11.7. The van der Waals surface area contributed by atoms with Gasteiger partial charge in [-0.05, 0) is 25.3 Å². The molecule has 1 aliphatic rings. The third kappa shape index (κ3) is 5.04. The number of likely N-dealkylation sites (N-methyl/N-ethyl adjacent to an activating group) is 1. The highest BCUT2D eigenvalue weighted by Crippen LogP contribution is 2.27. The predicted molar refractivity (Wildman–Crippen MR) is 68.9 cm³/mol. The third-order valence-corrected chi connectivity index (χ3v) is 3.02. The zero-order valence-corrected chi connectivity index (χ0v) is 11.5. The number of nitrogens with one attached hydrogen (secondary N) is 1. The number of carbonyl (C=O) groups is 1.